The molecule has 0 aliphatic rings. The third kappa shape index (κ3) is 1.87. The molecular formula is C7H2Cl2F2N2. The predicted molar refractivity (Wildman–Crippen MR) is 43.9 cm³/mol. The fourth-order valence-electron chi connectivity index (χ4n) is 0.798. The van der Waals surface area contributed by atoms with Gasteiger partial charge in [0.05, 0.1) is 16.1 Å². The van der Waals surface area contributed by atoms with Crippen LogP contribution in [0.4, 0.5) is 8.78 Å². The van der Waals surface area contributed by atoms with E-state index in [1.807, 2.05) is 0 Å². The van der Waals surface area contributed by atoms with Crippen LogP contribution in [-0.4, -0.2) is 4.98 Å². The van der Waals surface area contributed by atoms with Crippen molar-refractivity contribution in [2.45, 2.75) is 6.43 Å². The first-order valence-electron chi connectivity index (χ1n) is 3.10. The van der Waals surface area contributed by atoms with E-state index < -0.39 is 12.0 Å². The van der Waals surface area contributed by atoms with Crippen molar-refractivity contribution in [3.05, 3.63) is 27.5 Å². The molecule has 0 fully saturated rings. The van der Waals surface area contributed by atoms with Crippen LogP contribution in [0.2, 0.25) is 10.2 Å². The Morgan fingerprint density at radius 3 is 2.46 bits per heavy atom. The van der Waals surface area contributed by atoms with Crippen molar-refractivity contribution in [3.8, 4) is 6.07 Å². The van der Waals surface area contributed by atoms with E-state index in [0.717, 1.165) is 6.20 Å². The number of nitrogens with zero attached hydrogens (tertiary/aromatic N) is 2. The molecule has 0 unspecified atom stereocenters. The maximum atomic E-state index is 12.3. The molecule has 0 amide bonds. The molecule has 1 heterocycles. The normalized spacial score (nSPS) is 10.2. The van der Waals surface area contributed by atoms with Crippen molar-refractivity contribution < 1.29 is 8.78 Å². The van der Waals surface area contributed by atoms with E-state index in [4.69, 9.17) is 28.5 Å². The first-order chi connectivity index (χ1) is 6.07. The van der Waals surface area contributed by atoms with Crippen LogP contribution < -0.4 is 0 Å². The van der Waals surface area contributed by atoms with Crippen LogP contribution in [0.3, 0.4) is 0 Å². The largest absolute Gasteiger partial charge is 0.266 e. The molecule has 1 aromatic rings. The summed E-state index contributed by atoms with van der Waals surface area (Å²) in [6, 6.07) is 1.53. The lowest BCUT2D eigenvalue weighted by Gasteiger charge is -2.05. The van der Waals surface area contributed by atoms with E-state index in [2.05, 4.69) is 4.98 Å². The molecule has 0 N–H and O–H groups in total. The zero-order valence-corrected chi connectivity index (χ0v) is 7.57. The molecule has 13 heavy (non-hydrogen) atoms. The zero-order valence-electron chi connectivity index (χ0n) is 6.06. The van der Waals surface area contributed by atoms with Crippen molar-refractivity contribution in [2.24, 2.45) is 0 Å². The fourth-order valence-corrected chi connectivity index (χ4v) is 1.22. The molecule has 1 rings (SSSR count). The summed E-state index contributed by atoms with van der Waals surface area (Å²) in [4.78, 5) is 3.47. The van der Waals surface area contributed by atoms with Gasteiger partial charge < -0.3 is 0 Å². The van der Waals surface area contributed by atoms with Crippen molar-refractivity contribution in [1.82, 2.24) is 4.98 Å². The van der Waals surface area contributed by atoms with E-state index >= 15 is 0 Å². The Labute approximate surface area is 82.7 Å². The summed E-state index contributed by atoms with van der Waals surface area (Å²) < 4.78 is 24.7. The molecule has 2 nitrogen and oxygen atoms in total. The Balaban J connectivity index is 3.46. The van der Waals surface area contributed by atoms with Gasteiger partial charge in [-0.3, -0.25) is 0 Å². The smallest absolute Gasteiger partial charge is 0.242 e. The van der Waals surface area contributed by atoms with Gasteiger partial charge in [0, 0.05) is 6.20 Å². The van der Waals surface area contributed by atoms with Crippen LogP contribution >= 0.6 is 23.2 Å². The number of rotatable bonds is 1. The quantitative estimate of drug-likeness (QED) is 0.685. The Kier molecular flexibility index (Phi) is 3.02. The van der Waals surface area contributed by atoms with Crippen LogP contribution in [-0.2, 0) is 0 Å². The monoisotopic (exact) mass is 222 g/mol. The van der Waals surface area contributed by atoms with Gasteiger partial charge in [0.1, 0.15) is 11.2 Å². The van der Waals surface area contributed by atoms with Gasteiger partial charge >= 0.3 is 0 Å². The Bertz CT molecular complexity index is 373. The molecule has 0 aliphatic carbocycles. The van der Waals surface area contributed by atoms with Gasteiger partial charge in [0.25, 0.3) is 6.43 Å². The molecule has 0 aromatic carbocycles. The lowest BCUT2D eigenvalue weighted by atomic mass is 10.1. The highest BCUT2D eigenvalue weighted by molar-refractivity contribution is 6.33. The predicted octanol–water partition coefficient (Wildman–Crippen LogP) is 3.20. The van der Waals surface area contributed by atoms with Gasteiger partial charge in [-0.25, -0.2) is 13.8 Å². The number of hydrogen-bond donors (Lipinski definition) is 0. The maximum Gasteiger partial charge on any atom is 0.266 e. The number of halogens is 4. The topological polar surface area (TPSA) is 36.7 Å². The van der Waals surface area contributed by atoms with Crippen molar-refractivity contribution in [2.75, 3.05) is 0 Å². The highest BCUT2D eigenvalue weighted by Crippen LogP contribution is 2.32. The number of nitriles is 1. The second kappa shape index (κ2) is 3.86. The van der Waals surface area contributed by atoms with Gasteiger partial charge in [0.15, 0.2) is 0 Å². The van der Waals surface area contributed by atoms with Gasteiger partial charge in [-0.05, 0) is 0 Å². The minimum atomic E-state index is -2.83. The summed E-state index contributed by atoms with van der Waals surface area (Å²) in [6.45, 7) is 0. The maximum absolute atomic E-state index is 12.3. The van der Waals surface area contributed by atoms with E-state index in [0.29, 0.717) is 0 Å². The molecule has 1 aromatic heterocycles. The highest BCUT2D eigenvalue weighted by atomic mass is 35.5. The molecule has 0 atom stereocenters. The zero-order chi connectivity index (χ0) is 10.0. The summed E-state index contributed by atoms with van der Waals surface area (Å²) in [7, 11) is 0. The minimum absolute atomic E-state index is 0.254. The van der Waals surface area contributed by atoms with Crippen molar-refractivity contribution in [1.29, 1.82) is 5.26 Å². The molecule has 0 aliphatic heterocycles. The van der Waals surface area contributed by atoms with Crippen LogP contribution in [0, 0.1) is 11.3 Å². The van der Waals surface area contributed by atoms with Gasteiger partial charge in [-0.15, -0.1) is 0 Å². The second-order valence-corrected chi connectivity index (χ2v) is 2.86. The van der Waals surface area contributed by atoms with Crippen LogP contribution in [0.15, 0.2) is 6.20 Å². The third-order valence-electron chi connectivity index (χ3n) is 1.35. The SMILES string of the molecule is N#Cc1c(Cl)ncc(Cl)c1C(F)F. The molecule has 0 spiro atoms. The first-order valence-corrected chi connectivity index (χ1v) is 3.85. The van der Waals surface area contributed by atoms with E-state index in [1.165, 1.54) is 6.07 Å². The summed E-state index contributed by atoms with van der Waals surface area (Å²) in [5.74, 6) is 0. The average molecular weight is 223 g/mol. The van der Waals surface area contributed by atoms with Gasteiger partial charge in [-0.1, -0.05) is 23.2 Å². The third-order valence-corrected chi connectivity index (χ3v) is 1.94. The van der Waals surface area contributed by atoms with Gasteiger partial charge in [0.2, 0.25) is 0 Å². The van der Waals surface area contributed by atoms with E-state index in [9.17, 15) is 8.78 Å². The van der Waals surface area contributed by atoms with Crippen LogP contribution in [0.25, 0.3) is 0 Å². The lowest BCUT2D eigenvalue weighted by Crippen LogP contribution is -1.95. The number of aromatic nitrogens is 1. The first kappa shape index (κ1) is 10.2. The molecule has 0 saturated heterocycles. The molecule has 0 radical (unpaired) electrons. The summed E-state index contributed by atoms with van der Waals surface area (Å²) in [5, 5.41) is 7.99. The number of alkyl halides is 2. The Morgan fingerprint density at radius 2 is 2.08 bits per heavy atom. The van der Waals surface area contributed by atoms with E-state index in [1.54, 1.807) is 0 Å². The van der Waals surface area contributed by atoms with Crippen LogP contribution in [0.1, 0.15) is 17.6 Å². The molecule has 6 heteroatoms. The van der Waals surface area contributed by atoms with E-state index in [-0.39, 0.29) is 15.7 Å². The van der Waals surface area contributed by atoms with Gasteiger partial charge in [-0.2, -0.15) is 5.26 Å². The molecule has 0 bridgehead atoms. The molecule has 0 saturated carbocycles. The fraction of sp³-hybridized carbons (Fsp3) is 0.143. The molecular weight excluding hydrogens is 221 g/mol. The average Bonchev–Trinajstić information content (AvgIpc) is 2.07. The Morgan fingerprint density at radius 1 is 1.46 bits per heavy atom. The minimum Gasteiger partial charge on any atom is -0.242 e. The van der Waals surface area contributed by atoms with Crippen LogP contribution in [0.5, 0.6) is 0 Å². The van der Waals surface area contributed by atoms with Crippen molar-refractivity contribution in [3.63, 3.8) is 0 Å². The summed E-state index contributed by atoms with van der Waals surface area (Å²) in [6.07, 6.45) is -1.84. The Hall–Kier alpha value is -0.920. The lowest BCUT2D eigenvalue weighted by molar-refractivity contribution is 0.151. The highest BCUT2D eigenvalue weighted by Gasteiger charge is 2.20. The summed E-state index contributed by atoms with van der Waals surface area (Å²) >= 11 is 10.8. The standard InChI is InChI=1S/C7H2Cl2F2N2/c8-4-2-13-6(9)3(1-12)5(4)7(10)11/h2,7H. The molecule has 68 valence electrons. The second-order valence-electron chi connectivity index (χ2n) is 2.10. The number of hydrogen-bond acceptors (Lipinski definition) is 2. The number of pyridine rings is 1. The summed E-state index contributed by atoms with van der Waals surface area (Å²) in [5.41, 5.74) is -0.937. The van der Waals surface area contributed by atoms with Crippen molar-refractivity contribution >= 4 is 23.2 Å².